The van der Waals surface area contributed by atoms with E-state index in [0.717, 1.165) is 24.3 Å². The van der Waals surface area contributed by atoms with Crippen LogP contribution in [0.2, 0.25) is 0 Å². The summed E-state index contributed by atoms with van der Waals surface area (Å²) < 4.78 is 87.5. The Hall–Kier alpha value is -3.89. The maximum Gasteiger partial charge on any atom is 0.573 e. The maximum absolute atomic E-state index is 12.4. The van der Waals surface area contributed by atoms with Crippen LogP contribution >= 0.6 is 0 Å². The van der Waals surface area contributed by atoms with Crippen molar-refractivity contribution in [3.05, 3.63) is 72.3 Å². The number of alkyl halides is 6. The van der Waals surface area contributed by atoms with Crippen molar-refractivity contribution in [2.75, 3.05) is 0 Å². The van der Waals surface area contributed by atoms with E-state index in [-0.39, 0.29) is 24.3 Å². The summed E-state index contributed by atoms with van der Waals surface area (Å²) in [7, 11) is 0. The van der Waals surface area contributed by atoms with E-state index in [1.54, 1.807) is 18.2 Å². The van der Waals surface area contributed by atoms with Gasteiger partial charge in [0.1, 0.15) is 23.0 Å². The van der Waals surface area contributed by atoms with Crippen molar-refractivity contribution in [1.82, 2.24) is 0 Å². The van der Waals surface area contributed by atoms with Gasteiger partial charge in [-0.1, -0.05) is 24.3 Å². The van der Waals surface area contributed by atoms with Gasteiger partial charge in [0.15, 0.2) is 0 Å². The van der Waals surface area contributed by atoms with Crippen LogP contribution in [0.5, 0.6) is 23.0 Å². The van der Waals surface area contributed by atoms with Gasteiger partial charge in [-0.25, -0.2) is 0 Å². The number of benzene rings is 3. The van der Waals surface area contributed by atoms with Crippen molar-refractivity contribution in [2.45, 2.75) is 25.6 Å². The molecular formula is C23H16F6O5. The number of aliphatic carboxylic acids is 1. The second-order valence-corrected chi connectivity index (χ2v) is 6.91. The third kappa shape index (κ3) is 7.61. The van der Waals surface area contributed by atoms with E-state index in [1.165, 1.54) is 24.3 Å². The number of carboxylic acid groups (broad SMARTS) is 1. The van der Waals surface area contributed by atoms with Crippen LogP contribution in [0.25, 0.3) is 11.1 Å². The van der Waals surface area contributed by atoms with Gasteiger partial charge in [0.05, 0.1) is 0 Å². The molecule has 0 fully saturated rings. The normalized spacial score (nSPS) is 11.7. The molecule has 0 unspecified atom stereocenters. The van der Waals surface area contributed by atoms with Gasteiger partial charge in [0.25, 0.3) is 0 Å². The number of hydrogen-bond donors (Lipinski definition) is 1. The Kier molecular flexibility index (Phi) is 7.23. The standard InChI is InChI=1S/C23H16F6O5/c24-22(25,26)33-18-6-3-14(4-7-18)16-2-1-15(5-12-21(30)31)20(13-16)32-17-8-10-19(11-9-17)34-23(27,28)29/h1-4,6-11,13H,5,12H2,(H,30,31). The first-order chi connectivity index (χ1) is 15.9. The van der Waals surface area contributed by atoms with E-state index in [9.17, 15) is 31.1 Å². The number of aryl methyl sites for hydroxylation is 1. The third-order valence-corrected chi connectivity index (χ3v) is 4.38. The van der Waals surface area contributed by atoms with Crippen LogP contribution in [-0.2, 0) is 11.2 Å². The van der Waals surface area contributed by atoms with Crippen LogP contribution in [0.3, 0.4) is 0 Å². The van der Waals surface area contributed by atoms with Gasteiger partial charge in [-0.15, -0.1) is 26.3 Å². The highest BCUT2D eigenvalue weighted by Crippen LogP contribution is 2.34. The highest BCUT2D eigenvalue weighted by molar-refractivity contribution is 5.69. The molecule has 0 heterocycles. The maximum atomic E-state index is 12.4. The van der Waals surface area contributed by atoms with Crippen LogP contribution in [0.1, 0.15) is 12.0 Å². The van der Waals surface area contributed by atoms with Crippen LogP contribution in [-0.4, -0.2) is 23.8 Å². The lowest BCUT2D eigenvalue weighted by molar-refractivity contribution is -0.275. The minimum atomic E-state index is -4.85. The van der Waals surface area contributed by atoms with Crippen LogP contribution < -0.4 is 14.2 Å². The van der Waals surface area contributed by atoms with Crippen molar-refractivity contribution < 1.29 is 50.5 Å². The molecule has 0 atom stereocenters. The minimum Gasteiger partial charge on any atom is -0.481 e. The van der Waals surface area contributed by atoms with Crippen LogP contribution in [0, 0.1) is 0 Å². The molecule has 1 N–H and O–H groups in total. The van der Waals surface area contributed by atoms with E-state index < -0.39 is 30.2 Å². The molecule has 3 aromatic rings. The molecule has 0 amide bonds. The second kappa shape index (κ2) is 9.94. The molecule has 0 aromatic heterocycles. The zero-order valence-electron chi connectivity index (χ0n) is 17.1. The number of ether oxygens (including phenoxy) is 3. The molecule has 11 heteroatoms. The van der Waals surface area contributed by atoms with Crippen molar-refractivity contribution in [3.63, 3.8) is 0 Å². The van der Waals surface area contributed by atoms with Gasteiger partial charge in [-0.3, -0.25) is 4.79 Å². The topological polar surface area (TPSA) is 65.0 Å². The third-order valence-electron chi connectivity index (χ3n) is 4.38. The first-order valence-electron chi connectivity index (χ1n) is 9.62. The van der Waals surface area contributed by atoms with Crippen molar-refractivity contribution in [1.29, 1.82) is 0 Å². The summed E-state index contributed by atoms with van der Waals surface area (Å²) in [6, 6.07) is 14.5. The smallest absolute Gasteiger partial charge is 0.481 e. The minimum absolute atomic E-state index is 0.110. The Bertz CT molecular complexity index is 1120. The highest BCUT2D eigenvalue weighted by Gasteiger charge is 2.31. The van der Waals surface area contributed by atoms with Gasteiger partial charge in [0.2, 0.25) is 0 Å². The van der Waals surface area contributed by atoms with Crippen molar-refractivity contribution in [3.8, 4) is 34.1 Å². The highest BCUT2D eigenvalue weighted by atomic mass is 19.4. The number of rotatable bonds is 8. The second-order valence-electron chi connectivity index (χ2n) is 6.91. The molecule has 180 valence electrons. The zero-order chi connectivity index (χ0) is 24.9. The quantitative estimate of drug-likeness (QED) is 0.349. The Morgan fingerprint density at radius 2 is 1.18 bits per heavy atom. The molecule has 34 heavy (non-hydrogen) atoms. The summed E-state index contributed by atoms with van der Waals surface area (Å²) in [6.45, 7) is 0. The summed E-state index contributed by atoms with van der Waals surface area (Å²) in [4.78, 5) is 11.0. The monoisotopic (exact) mass is 486 g/mol. The fraction of sp³-hybridized carbons (Fsp3) is 0.174. The van der Waals surface area contributed by atoms with Crippen LogP contribution in [0.4, 0.5) is 26.3 Å². The molecule has 0 aliphatic carbocycles. The SMILES string of the molecule is O=C(O)CCc1ccc(-c2ccc(OC(F)(F)F)cc2)cc1Oc1ccc(OC(F)(F)F)cc1. The number of hydrogen-bond acceptors (Lipinski definition) is 4. The van der Waals surface area contributed by atoms with E-state index >= 15 is 0 Å². The summed E-state index contributed by atoms with van der Waals surface area (Å²) >= 11 is 0. The average molecular weight is 486 g/mol. The van der Waals surface area contributed by atoms with Crippen molar-refractivity contribution in [2.24, 2.45) is 0 Å². The molecule has 0 saturated carbocycles. The number of halogens is 6. The van der Waals surface area contributed by atoms with Crippen LogP contribution in [0.15, 0.2) is 66.7 Å². The summed E-state index contributed by atoms with van der Waals surface area (Å²) in [5.41, 5.74) is 1.58. The predicted molar refractivity (Wildman–Crippen MR) is 108 cm³/mol. The van der Waals surface area contributed by atoms with Crippen molar-refractivity contribution >= 4 is 5.97 Å². The number of carboxylic acids is 1. The molecule has 3 aromatic carbocycles. The van der Waals surface area contributed by atoms with Gasteiger partial charge in [0, 0.05) is 6.42 Å². The lowest BCUT2D eigenvalue weighted by Crippen LogP contribution is -2.16. The van der Waals surface area contributed by atoms with Gasteiger partial charge < -0.3 is 19.3 Å². The molecule has 0 saturated heterocycles. The zero-order valence-corrected chi connectivity index (χ0v) is 17.1. The lowest BCUT2D eigenvalue weighted by Gasteiger charge is -2.14. The molecule has 0 aliphatic heterocycles. The average Bonchev–Trinajstić information content (AvgIpc) is 2.72. The van der Waals surface area contributed by atoms with E-state index in [4.69, 9.17) is 9.84 Å². The first kappa shape index (κ1) is 24.7. The molecule has 0 spiro atoms. The van der Waals surface area contributed by atoms with Gasteiger partial charge in [-0.2, -0.15) is 0 Å². The molecule has 0 radical (unpaired) electrons. The largest absolute Gasteiger partial charge is 0.573 e. The summed E-state index contributed by atoms with van der Waals surface area (Å²) in [6.07, 6.45) is -9.76. The molecule has 0 bridgehead atoms. The van der Waals surface area contributed by atoms with Gasteiger partial charge >= 0.3 is 18.7 Å². The van der Waals surface area contributed by atoms with Gasteiger partial charge in [-0.05, 0) is 65.6 Å². The number of carbonyl (C=O) groups is 1. The molecule has 0 aliphatic rings. The summed E-state index contributed by atoms with van der Waals surface area (Å²) in [5.74, 6) is -1.48. The molecule has 5 nitrogen and oxygen atoms in total. The molecular weight excluding hydrogens is 470 g/mol. The molecule has 3 rings (SSSR count). The fourth-order valence-corrected chi connectivity index (χ4v) is 2.96. The Labute approximate surface area is 189 Å². The first-order valence-corrected chi connectivity index (χ1v) is 9.62. The lowest BCUT2D eigenvalue weighted by atomic mass is 10.0. The Morgan fingerprint density at radius 1 is 0.706 bits per heavy atom. The Morgan fingerprint density at radius 3 is 1.68 bits per heavy atom. The van der Waals surface area contributed by atoms with E-state index in [2.05, 4.69) is 9.47 Å². The van der Waals surface area contributed by atoms with E-state index in [0.29, 0.717) is 16.7 Å². The fourth-order valence-electron chi connectivity index (χ4n) is 2.96. The van der Waals surface area contributed by atoms with E-state index in [1.807, 2.05) is 0 Å². The summed E-state index contributed by atoms with van der Waals surface area (Å²) in [5, 5.41) is 8.98. The predicted octanol–water partition coefficient (Wildman–Crippen LogP) is 6.96. The Balaban J connectivity index is 1.86.